The number of carboxylic acids is 1. The average molecular weight is 279 g/mol. The molecular formula is C15H21NO4. The number of carboxylic acid groups (broad SMARTS) is 1. The Balaban J connectivity index is 2.54. The van der Waals surface area contributed by atoms with Crippen molar-refractivity contribution in [2.45, 2.75) is 20.3 Å². The van der Waals surface area contributed by atoms with Crippen LogP contribution in [-0.4, -0.2) is 42.1 Å². The van der Waals surface area contributed by atoms with Gasteiger partial charge in [0.05, 0.1) is 18.9 Å². The van der Waals surface area contributed by atoms with Gasteiger partial charge < -0.3 is 14.7 Å². The molecule has 1 aromatic carbocycles. The van der Waals surface area contributed by atoms with Gasteiger partial charge in [-0.1, -0.05) is 19.1 Å². The van der Waals surface area contributed by atoms with Gasteiger partial charge in [0.1, 0.15) is 5.75 Å². The van der Waals surface area contributed by atoms with Crippen LogP contribution in [0.25, 0.3) is 0 Å². The Morgan fingerprint density at radius 1 is 1.30 bits per heavy atom. The number of aliphatic carboxylic acids is 1. The first-order chi connectivity index (χ1) is 9.43. The molecule has 0 fully saturated rings. The van der Waals surface area contributed by atoms with Gasteiger partial charge in [0, 0.05) is 13.6 Å². The van der Waals surface area contributed by atoms with E-state index in [1.165, 1.54) is 4.90 Å². The zero-order valence-electron chi connectivity index (χ0n) is 12.1. The topological polar surface area (TPSA) is 66.8 Å². The fraction of sp³-hybridized carbons (Fsp3) is 0.467. The molecule has 1 amide bonds. The minimum atomic E-state index is -0.897. The van der Waals surface area contributed by atoms with Crippen LogP contribution in [0.1, 0.15) is 19.4 Å². The second-order valence-corrected chi connectivity index (χ2v) is 4.77. The average Bonchev–Trinajstić information content (AvgIpc) is 2.41. The summed E-state index contributed by atoms with van der Waals surface area (Å²) < 4.78 is 5.33. The van der Waals surface area contributed by atoms with Crippen molar-refractivity contribution in [1.29, 1.82) is 0 Å². The van der Waals surface area contributed by atoms with Crippen LogP contribution in [0.2, 0.25) is 0 Å². The fourth-order valence-corrected chi connectivity index (χ4v) is 1.77. The van der Waals surface area contributed by atoms with E-state index in [4.69, 9.17) is 9.84 Å². The molecule has 110 valence electrons. The SMILES string of the molecule is CCOc1ccc(CC(=O)N(C)CC(C)C(=O)O)cc1. The van der Waals surface area contributed by atoms with Gasteiger partial charge in [0.2, 0.25) is 5.91 Å². The summed E-state index contributed by atoms with van der Waals surface area (Å²) >= 11 is 0. The van der Waals surface area contributed by atoms with Crippen molar-refractivity contribution in [3.63, 3.8) is 0 Å². The Hall–Kier alpha value is -2.04. The molecule has 0 bridgehead atoms. The number of nitrogens with zero attached hydrogens (tertiary/aromatic N) is 1. The van der Waals surface area contributed by atoms with E-state index in [0.717, 1.165) is 11.3 Å². The van der Waals surface area contributed by atoms with Gasteiger partial charge in [0.25, 0.3) is 0 Å². The maximum atomic E-state index is 12.0. The third-order valence-electron chi connectivity index (χ3n) is 2.98. The predicted molar refractivity (Wildman–Crippen MR) is 75.8 cm³/mol. The molecule has 5 nitrogen and oxygen atoms in total. The van der Waals surface area contributed by atoms with Crippen LogP contribution in [0, 0.1) is 5.92 Å². The van der Waals surface area contributed by atoms with Crippen molar-refractivity contribution >= 4 is 11.9 Å². The highest BCUT2D eigenvalue weighted by molar-refractivity contribution is 5.79. The van der Waals surface area contributed by atoms with Gasteiger partial charge in [0.15, 0.2) is 0 Å². The van der Waals surface area contributed by atoms with Crippen LogP contribution < -0.4 is 4.74 Å². The van der Waals surface area contributed by atoms with Crippen LogP contribution in [-0.2, 0) is 16.0 Å². The summed E-state index contributed by atoms with van der Waals surface area (Å²) in [6.07, 6.45) is 0.259. The molecule has 0 aromatic heterocycles. The summed E-state index contributed by atoms with van der Waals surface area (Å²) in [6, 6.07) is 7.34. The molecule has 5 heteroatoms. The maximum absolute atomic E-state index is 12.0. The lowest BCUT2D eigenvalue weighted by molar-refractivity contribution is -0.142. The minimum Gasteiger partial charge on any atom is -0.494 e. The van der Waals surface area contributed by atoms with Crippen LogP contribution in [0.15, 0.2) is 24.3 Å². The molecule has 0 aliphatic heterocycles. The van der Waals surface area contributed by atoms with Gasteiger partial charge in [-0.2, -0.15) is 0 Å². The molecule has 1 unspecified atom stereocenters. The number of benzene rings is 1. The van der Waals surface area contributed by atoms with Crippen LogP contribution >= 0.6 is 0 Å². The Morgan fingerprint density at radius 2 is 1.90 bits per heavy atom. The smallest absolute Gasteiger partial charge is 0.308 e. The zero-order chi connectivity index (χ0) is 15.1. The summed E-state index contributed by atoms with van der Waals surface area (Å²) in [4.78, 5) is 24.2. The number of carbonyl (C=O) groups excluding carboxylic acids is 1. The molecular weight excluding hydrogens is 258 g/mol. The third-order valence-corrected chi connectivity index (χ3v) is 2.98. The molecule has 1 aromatic rings. The number of amides is 1. The van der Waals surface area contributed by atoms with Crippen LogP contribution in [0.3, 0.4) is 0 Å². The van der Waals surface area contributed by atoms with E-state index < -0.39 is 11.9 Å². The van der Waals surface area contributed by atoms with E-state index >= 15 is 0 Å². The van der Waals surface area contributed by atoms with Crippen molar-refractivity contribution in [3.8, 4) is 5.75 Å². The molecule has 0 radical (unpaired) electrons. The molecule has 1 N–H and O–H groups in total. The summed E-state index contributed by atoms with van der Waals surface area (Å²) in [5, 5.41) is 8.83. The number of carbonyl (C=O) groups is 2. The normalized spacial score (nSPS) is 11.8. The Morgan fingerprint density at radius 3 is 2.40 bits per heavy atom. The number of hydrogen-bond donors (Lipinski definition) is 1. The van der Waals surface area contributed by atoms with E-state index in [1.54, 1.807) is 14.0 Å². The predicted octanol–water partition coefficient (Wildman–Crippen LogP) is 1.81. The van der Waals surface area contributed by atoms with Gasteiger partial charge in [-0.3, -0.25) is 9.59 Å². The van der Waals surface area contributed by atoms with Crippen molar-refractivity contribution < 1.29 is 19.4 Å². The number of likely N-dealkylation sites (N-methyl/N-ethyl adjacent to an activating group) is 1. The monoisotopic (exact) mass is 279 g/mol. The first kappa shape index (κ1) is 16.0. The van der Waals surface area contributed by atoms with E-state index in [-0.39, 0.29) is 18.9 Å². The molecule has 20 heavy (non-hydrogen) atoms. The van der Waals surface area contributed by atoms with Gasteiger partial charge in [-0.25, -0.2) is 0 Å². The summed E-state index contributed by atoms with van der Waals surface area (Å²) in [7, 11) is 1.62. The second-order valence-electron chi connectivity index (χ2n) is 4.77. The lowest BCUT2D eigenvalue weighted by Crippen LogP contribution is -2.34. The van der Waals surface area contributed by atoms with Crippen molar-refractivity contribution in [1.82, 2.24) is 4.90 Å². The highest BCUT2D eigenvalue weighted by atomic mass is 16.5. The summed E-state index contributed by atoms with van der Waals surface area (Å²) in [6.45, 7) is 4.32. The largest absolute Gasteiger partial charge is 0.494 e. The van der Waals surface area contributed by atoms with E-state index in [0.29, 0.717) is 6.61 Å². The van der Waals surface area contributed by atoms with Crippen LogP contribution in [0.4, 0.5) is 0 Å². The summed E-state index contributed by atoms with van der Waals surface area (Å²) in [5.41, 5.74) is 0.883. The second kappa shape index (κ2) is 7.53. The van der Waals surface area contributed by atoms with Crippen molar-refractivity contribution in [2.24, 2.45) is 5.92 Å². The number of rotatable bonds is 7. The maximum Gasteiger partial charge on any atom is 0.308 e. The fourth-order valence-electron chi connectivity index (χ4n) is 1.77. The lowest BCUT2D eigenvalue weighted by atomic mass is 10.1. The molecule has 0 aliphatic rings. The third kappa shape index (κ3) is 4.91. The van der Waals surface area contributed by atoms with Gasteiger partial charge in [-0.15, -0.1) is 0 Å². The van der Waals surface area contributed by atoms with E-state index in [2.05, 4.69) is 0 Å². The molecule has 0 saturated carbocycles. The highest BCUT2D eigenvalue weighted by Gasteiger charge is 2.17. The Bertz CT molecular complexity index is 455. The molecule has 0 spiro atoms. The number of hydrogen-bond acceptors (Lipinski definition) is 3. The molecule has 0 saturated heterocycles. The summed E-state index contributed by atoms with van der Waals surface area (Å²) in [5.74, 6) is -0.784. The first-order valence-electron chi connectivity index (χ1n) is 6.62. The molecule has 1 atom stereocenters. The molecule has 1 rings (SSSR count). The quantitative estimate of drug-likeness (QED) is 0.826. The zero-order valence-corrected chi connectivity index (χ0v) is 12.1. The molecule has 0 aliphatic carbocycles. The minimum absolute atomic E-state index is 0.0951. The number of ether oxygens (including phenoxy) is 1. The first-order valence-corrected chi connectivity index (χ1v) is 6.62. The van der Waals surface area contributed by atoms with Gasteiger partial charge in [-0.05, 0) is 24.6 Å². The molecule has 0 heterocycles. The van der Waals surface area contributed by atoms with E-state index in [9.17, 15) is 9.59 Å². The Kier molecular flexibility index (Phi) is 6.03. The highest BCUT2D eigenvalue weighted by Crippen LogP contribution is 2.13. The van der Waals surface area contributed by atoms with Gasteiger partial charge >= 0.3 is 5.97 Å². The van der Waals surface area contributed by atoms with Crippen molar-refractivity contribution in [3.05, 3.63) is 29.8 Å². The van der Waals surface area contributed by atoms with E-state index in [1.807, 2.05) is 31.2 Å². The lowest BCUT2D eigenvalue weighted by Gasteiger charge is -2.19. The standard InChI is InChI=1S/C15H21NO4/c1-4-20-13-7-5-12(6-8-13)9-14(17)16(3)10-11(2)15(18)19/h5-8,11H,4,9-10H2,1-3H3,(H,18,19). The van der Waals surface area contributed by atoms with Crippen molar-refractivity contribution in [2.75, 3.05) is 20.2 Å². The van der Waals surface area contributed by atoms with Crippen LogP contribution in [0.5, 0.6) is 5.75 Å². The Labute approximate surface area is 119 Å².